The number of carbonyl (C=O) groups excluding carboxylic acids is 2. The summed E-state index contributed by atoms with van der Waals surface area (Å²) in [6.45, 7) is 3.83. The summed E-state index contributed by atoms with van der Waals surface area (Å²) in [5.74, 6) is 1.69. The maximum atomic E-state index is 13.5. The van der Waals surface area contributed by atoms with Crippen molar-refractivity contribution in [3.8, 4) is 17.2 Å². The second kappa shape index (κ2) is 10.2. The van der Waals surface area contributed by atoms with Gasteiger partial charge in [0.2, 0.25) is 0 Å². The Balaban J connectivity index is 1.31. The molecular weight excluding hydrogens is 514 g/mol. The number of anilines is 3. The van der Waals surface area contributed by atoms with Crippen LogP contribution in [-0.2, 0) is 0 Å². The summed E-state index contributed by atoms with van der Waals surface area (Å²) in [4.78, 5) is 36.4. The third-order valence-corrected chi connectivity index (χ3v) is 8.31. The molecule has 4 heterocycles. The zero-order valence-electron chi connectivity index (χ0n) is 22.0. The van der Waals surface area contributed by atoms with Crippen LogP contribution in [0.2, 0.25) is 0 Å². The van der Waals surface area contributed by atoms with Gasteiger partial charge >= 0.3 is 6.03 Å². The van der Waals surface area contributed by atoms with E-state index in [0.717, 1.165) is 36.9 Å². The monoisotopic (exact) mass is 543 g/mol. The lowest BCUT2D eigenvalue weighted by atomic mass is 10.1. The quantitative estimate of drug-likeness (QED) is 0.314. The molecule has 0 saturated carbocycles. The molecule has 9 nitrogen and oxygen atoms in total. The number of methoxy groups -OCH3 is 1. The zero-order valence-corrected chi connectivity index (χ0v) is 22.8. The number of amides is 3. The minimum absolute atomic E-state index is 0.119. The van der Waals surface area contributed by atoms with E-state index >= 15 is 0 Å². The molecule has 2 N–H and O–H groups in total. The number of pyridine rings is 1. The minimum atomic E-state index is -0.330. The number of hydrogen-bond acceptors (Lipinski definition) is 7. The first kappa shape index (κ1) is 25.1. The Kier molecular flexibility index (Phi) is 6.58. The van der Waals surface area contributed by atoms with Gasteiger partial charge in [-0.1, -0.05) is 12.1 Å². The van der Waals surface area contributed by atoms with Crippen molar-refractivity contribution in [2.75, 3.05) is 37.5 Å². The summed E-state index contributed by atoms with van der Waals surface area (Å²) < 4.78 is 11.5. The van der Waals surface area contributed by atoms with Crippen LogP contribution < -0.4 is 25.0 Å². The lowest BCUT2D eigenvalue weighted by Crippen LogP contribution is -2.43. The van der Waals surface area contributed by atoms with Gasteiger partial charge in [-0.3, -0.25) is 9.69 Å². The predicted octanol–water partition coefficient (Wildman–Crippen LogP) is 5.91. The number of urea groups is 1. The largest absolute Gasteiger partial charge is 0.493 e. The van der Waals surface area contributed by atoms with Gasteiger partial charge in [-0.15, -0.1) is 11.3 Å². The fourth-order valence-electron chi connectivity index (χ4n) is 5.16. The second-order valence-corrected chi connectivity index (χ2v) is 10.8. The van der Waals surface area contributed by atoms with Crippen molar-refractivity contribution in [2.24, 2.45) is 0 Å². The Bertz CT molecular complexity index is 1580. The molecule has 0 aliphatic carbocycles. The number of nitrogens with zero attached hydrogens (tertiary/aromatic N) is 3. The molecule has 4 aromatic rings. The number of benzene rings is 2. The molecule has 39 heavy (non-hydrogen) atoms. The minimum Gasteiger partial charge on any atom is -0.493 e. The first-order valence-corrected chi connectivity index (χ1v) is 13.7. The fraction of sp³-hybridized carbons (Fsp3) is 0.276. The molecule has 2 aliphatic heterocycles. The Hall–Kier alpha value is -4.15. The topological polar surface area (TPSA) is 96.0 Å². The molecule has 2 aliphatic rings. The molecule has 0 bridgehead atoms. The van der Waals surface area contributed by atoms with E-state index in [0.29, 0.717) is 44.0 Å². The summed E-state index contributed by atoms with van der Waals surface area (Å²) in [5.41, 5.74) is 2.77. The van der Waals surface area contributed by atoms with Crippen LogP contribution in [0.4, 0.5) is 21.9 Å². The second-order valence-electron chi connectivity index (χ2n) is 9.83. The van der Waals surface area contributed by atoms with Crippen LogP contribution >= 0.6 is 11.3 Å². The Morgan fingerprint density at radius 3 is 2.62 bits per heavy atom. The van der Waals surface area contributed by atoms with Crippen LogP contribution in [0.5, 0.6) is 17.2 Å². The Labute approximate surface area is 230 Å². The molecule has 3 amide bonds. The number of aryl methyl sites for hydroxylation is 1. The number of para-hydroxylation sites is 2. The summed E-state index contributed by atoms with van der Waals surface area (Å²) in [7, 11) is 3.69. The number of ether oxygens (including phenoxy) is 2. The van der Waals surface area contributed by atoms with E-state index in [1.807, 2.05) is 55.5 Å². The van der Waals surface area contributed by atoms with E-state index < -0.39 is 0 Å². The highest BCUT2D eigenvalue weighted by atomic mass is 32.1. The van der Waals surface area contributed by atoms with Crippen LogP contribution in [0.3, 0.4) is 0 Å². The summed E-state index contributed by atoms with van der Waals surface area (Å²) >= 11 is 1.30. The van der Waals surface area contributed by atoms with Gasteiger partial charge < -0.3 is 25.0 Å². The van der Waals surface area contributed by atoms with Gasteiger partial charge in [0.05, 0.1) is 29.6 Å². The van der Waals surface area contributed by atoms with Crippen LogP contribution in [-0.4, -0.2) is 55.1 Å². The van der Waals surface area contributed by atoms with Gasteiger partial charge in [0, 0.05) is 12.2 Å². The van der Waals surface area contributed by atoms with Crippen LogP contribution in [0.1, 0.15) is 28.1 Å². The molecule has 0 radical (unpaired) electrons. The van der Waals surface area contributed by atoms with Crippen molar-refractivity contribution in [1.29, 1.82) is 0 Å². The normalized spacial score (nSPS) is 15.8. The molecule has 0 spiro atoms. The maximum absolute atomic E-state index is 13.5. The number of likely N-dealkylation sites (tertiary alicyclic amines) is 1. The van der Waals surface area contributed by atoms with Crippen LogP contribution in [0.15, 0.2) is 54.7 Å². The Morgan fingerprint density at radius 1 is 1.10 bits per heavy atom. The molecule has 1 fully saturated rings. The molecule has 10 heteroatoms. The summed E-state index contributed by atoms with van der Waals surface area (Å²) in [6, 6.07) is 14.6. The third-order valence-electron chi connectivity index (χ3n) is 7.21. The average Bonchev–Trinajstić information content (AvgIpc) is 3.31. The number of piperidine rings is 1. The van der Waals surface area contributed by atoms with Crippen molar-refractivity contribution in [3.05, 3.63) is 65.2 Å². The van der Waals surface area contributed by atoms with E-state index in [4.69, 9.17) is 9.47 Å². The summed E-state index contributed by atoms with van der Waals surface area (Å²) in [5, 5.41) is 6.92. The highest BCUT2D eigenvalue weighted by molar-refractivity contribution is 7.21. The first-order chi connectivity index (χ1) is 18.9. The van der Waals surface area contributed by atoms with Gasteiger partial charge in [0.1, 0.15) is 15.5 Å². The van der Waals surface area contributed by atoms with Crippen molar-refractivity contribution in [3.63, 3.8) is 0 Å². The number of nitrogens with one attached hydrogen (secondary N) is 2. The first-order valence-electron chi connectivity index (χ1n) is 12.9. The molecule has 2 aromatic carbocycles. The molecule has 200 valence electrons. The number of rotatable bonds is 6. The van der Waals surface area contributed by atoms with Gasteiger partial charge in [-0.2, -0.15) is 0 Å². The van der Waals surface area contributed by atoms with Gasteiger partial charge in [0.25, 0.3) is 5.91 Å². The maximum Gasteiger partial charge on any atom is 0.331 e. The van der Waals surface area contributed by atoms with Crippen molar-refractivity contribution in [1.82, 2.24) is 15.2 Å². The number of carbonyl (C=O) groups is 2. The molecule has 6 rings (SSSR count). The van der Waals surface area contributed by atoms with Gasteiger partial charge in [0.15, 0.2) is 11.5 Å². The van der Waals surface area contributed by atoms with E-state index in [2.05, 4.69) is 27.6 Å². The molecule has 0 unspecified atom stereocenters. The standard InChI is InChI=1S/C29H29N5O4S/c1-17-16-19(38-23-7-5-4-6-22(23)37-3)8-9-20(17)34-21-10-13-30-28-24(21)25(32-29(34)36)26(39-28)27(35)31-18-11-14-33(2)15-12-18/h4-10,13,16,18H,11-12,14-15H2,1-3H3,(H,31,35)(H,32,36). The number of aromatic nitrogens is 1. The lowest BCUT2D eigenvalue weighted by molar-refractivity contribution is 0.0922. The molecule has 0 atom stereocenters. The van der Waals surface area contributed by atoms with E-state index in [1.165, 1.54) is 11.3 Å². The van der Waals surface area contributed by atoms with Crippen LogP contribution in [0, 0.1) is 6.92 Å². The van der Waals surface area contributed by atoms with Crippen LogP contribution in [0.25, 0.3) is 10.2 Å². The number of thiophene rings is 1. The molecular formula is C29H29N5O4S. The molecule has 1 saturated heterocycles. The summed E-state index contributed by atoms with van der Waals surface area (Å²) in [6.07, 6.45) is 3.49. The van der Waals surface area contributed by atoms with Crippen molar-refractivity contribution >= 4 is 50.6 Å². The third kappa shape index (κ3) is 4.66. The van der Waals surface area contributed by atoms with Crippen molar-refractivity contribution < 1.29 is 19.1 Å². The number of hydrogen-bond donors (Lipinski definition) is 2. The van der Waals surface area contributed by atoms with E-state index in [9.17, 15) is 9.59 Å². The fourth-order valence-corrected chi connectivity index (χ4v) is 6.18. The molecule has 2 aromatic heterocycles. The lowest BCUT2D eigenvalue weighted by Gasteiger charge is -2.30. The van der Waals surface area contributed by atoms with E-state index in [-0.39, 0.29) is 18.0 Å². The van der Waals surface area contributed by atoms with Gasteiger partial charge in [-0.25, -0.2) is 9.78 Å². The average molecular weight is 544 g/mol. The zero-order chi connectivity index (χ0) is 27.1. The van der Waals surface area contributed by atoms with Gasteiger partial charge in [-0.05, 0) is 81.9 Å². The highest BCUT2D eigenvalue weighted by Gasteiger charge is 2.34. The highest BCUT2D eigenvalue weighted by Crippen LogP contribution is 2.46. The Morgan fingerprint density at radius 2 is 1.87 bits per heavy atom. The van der Waals surface area contributed by atoms with Crippen molar-refractivity contribution in [2.45, 2.75) is 25.8 Å². The SMILES string of the molecule is COc1ccccc1Oc1ccc(N2C(=O)Nc3c(C(=O)NC4CCN(C)CC4)sc4nccc2c34)c(C)c1. The van der Waals surface area contributed by atoms with E-state index in [1.54, 1.807) is 18.2 Å². The smallest absolute Gasteiger partial charge is 0.331 e. The predicted molar refractivity (Wildman–Crippen MR) is 153 cm³/mol.